The summed E-state index contributed by atoms with van der Waals surface area (Å²) in [6, 6.07) is 14.7. The van der Waals surface area contributed by atoms with Crippen LogP contribution in [-0.2, 0) is 16.0 Å². The van der Waals surface area contributed by atoms with E-state index in [0.717, 1.165) is 25.7 Å². The van der Waals surface area contributed by atoms with E-state index in [1.165, 1.54) is 23.3 Å². The van der Waals surface area contributed by atoms with Gasteiger partial charge in [0.1, 0.15) is 19.8 Å². The first-order valence-corrected chi connectivity index (χ1v) is 12.5. The maximum absolute atomic E-state index is 13.2. The molecule has 0 saturated carbocycles. The molecular formula is C27H34ClN3O3. The fourth-order valence-electron chi connectivity index (χ4n) is 4.03. The van der Waals surface area contributed by atoms with Gasteiger partial charge < -0.3 is 9.80 Å². The molecule has 0 radical (unpaired) electrons. The van der Waals surface area contributed by atoms with Crippen molar-refractivity contribution in [2.24, 2.45) is 0 Å². The molecule has 0 aliphatic carbocycles. The van der Waals surface area contributed by atoms with Gasteiger partial charge in [-0.25, -0.2) is 0 Å². The lowest BCUT2D eigenvalue weighted by atomic mass is 10.0. The maximum Gasteiger partial charge on any atom is 0.254 e. The van der Waals surface area contributed by atoms with Gasteiger partial charge in [0, 0.05) is 22.8 Å². The number of amides is 3. The first-order valence-electron chi connectivity index (χ1n) is 12.1. The van der Waals surface area contributed by atoms with Crippen LogP contribution in [0, 0.1) is 0 Å². The van der Waals surface area contributed by atoms with Crippen molar-refractivity contribution in [3.8, 4) is 0 Å². The number of halogens is 1. The van der Waals surface area contributed by atoms with Crippen LogP contribution >= 0.6 is 11.6 Å². The lowest BCUT2D eigenvalue weighted by molar-refractivity contribution is -0.132. The Kier molecular flexibility index (Phi) is 9.52. The zero-order valence-corrected chi connectivity index (χ0v) is 20.9. The van der Waals surface area contributed by atoms with Crippen molar-refractivity contribution in [3.05, 3.63) is 64.7 Å². The van der Waals surface area contributed by atoms with Gasteiger partial charge in [-0.3, -0.25) is 19.3 Å². The number of hydrogen-bond donors (Lipinski definition) is 0. The van der Waals surface area contributed by atoms with Crippen LogP contribution in [0.3, 0.4) is 0 Å². The monoisotopic (exact) mass is 483 g/mol. The average Bonchev–Trinajstić information content (AvgIpc) is 3.23. The van der Waals surface area contributed by atoms with Gasteiger partial charge in [0.05, 0.1) is 0 Å². The van der Waals surface area contributed by atoms with E-state index in [2.05, 4.69) is 13.8 Å². The highest BCUT2D eigenvalue weighted by Gasteiger charge is 2.33. The molecule has 3 amide bonds. The Morgan fingerprint density at radius 2 is 1.74 bits per heavy atom. The fraction of sp³-hybridized carbons (Fsp3) is 0.444. The molecule has 1 fully saturated rings. The second-order valence-electron chi connectivity index (χ2n) is 8.77. The van der Waals surface area contributed by atoms with Crippen molar-refractivity contribution < 1.29 is 14.4 Å². The molecule has 182 valence electrons. The largest absolute Gasteiger partial charge is 0.329 e. The molecule has 0 N–H and O–H groups in total. The van der Waals surface area contributed by atoms with E-state index in [1.54, 1.807) is 34.1 Å². The van der Waals surface area contributed by atoms with Crippen molar-refractivity contribution in [1.29, 1.82) is 0 Å². The second-order valence-corrected chi connectivity index (χ2v) is 9.21. The van der Waals surface area contributed by atoms with E-state index >= 15 is 0 Å². The van der Waals surface area contributed by atoms with E-state index in [9.17, 15) is 14.4 Å². The molecule has 1 aliphatic heterocycles. The summed E-state index contributed by atoms with van der Waals surface area (Å²) < 4.78 is 0. The molecule has 2 aromatic carbocycles. The smallest absolute Gasteiger partial charge is 0.254 e. The predicted molar refractivity (Wildman–Crippen MR) is 136 cm³/mol. The van der Waals surface area contributed by atoms with E-state index < -0.39 is 0 Å². The first kappa shape index (κ1) is 25.8. The van der Waals surface area contributed by atoms with Gasteiger partial charge in [0.2, 0.25) is 11.8 Å². The Balaban J connectivity index is 1.65. The van der Waals surface area contributed by atoms with Crippen LogP contribution in [-0.4, -0.2) is 53.8 Å². The number of carbonyl (C=O) groups excluding carboxylic acids is 3. The summed E-state index contributed by atoms with van der Waals surface area (Å²) in [6.07, 6.45) is 6.24. The molecule has 3 rings (SSSR count). The average molecular weight is 484 g/mol. The molecule has 1 heterocycles. The molecule has 2 aromatic rings. The van der Waals surface area contributed by atoms with E-state index in [0.29, 0.717) is 22.8 Å². The Labute approximate surface area is 207 Å². The highest BCUT2D eigenvalue weighted by molar-refractivity contribution is 6.31. The van der Waals surface area contributed by atoms with Gasteiger partial charge in [-0.2, -0.15) is 0 Å². The summed E-state index contributed by atoms with van der Waals surface area (Å²) in [5.74, 6) is -0.557. The van der Waals surface area contributed by atoms with Crippen molar-refractivity contribution in [2.75, 3.05) is 31.2 Å². The number of anilines is 1. The molecule has 0 spiro atoms. The molecule has 1 aliphatic rings. The first-order chi connectivity index (χ1) is 16.4. The van der Waals surface area contributed by atoms with Gasteiger partial charge in [-0.15, -0.1) is 0 Å². The molecule has 0 unspecified atom stereocenters. The SMILES string of the molecule is CCCCCc1ccc(C(=O)N(CCCC)CC(=O)N2CC(=O)N(c3cccc(Cl)c3)C2)cc1. The zero-order chi connectivity index (χ0) is 24.5. The maximum atomic E-state index is 13.2. The third-order valence-electron chi connectivity index (χ3n) is 6.08. The van der Waals surface area contributed by atoms with E-state index in [-0.39, 0.29) is 37.5 Å². The quantitative estimate of drug-likeness (QED) is 0.415. The molecule has 0 atom stereocenters. The standard InChI is InChI=1S/C27H34ClN3O3/c1-3-5-7-9-21-12-14-22(15-13-21)27(34)29(16-6-4-2)18-25(32)30-19-26(33)31(20-30)24-11-8-10-23(28)17-24/h8,10-15,17H,3-7,9,16,18-20H2,1-2H3. The van der Waals surface area contributed by atoms with Crippen LogP contribution in [0.25, 0.3) is 0 Å². The van der Waals surface area contributed by atoms with Crippen molar-refractivity contribution in [1.82, 2.24) is 9.80 Å². The third-order valence-corrected chi connectivity index (χ3v) is 6.31. The number of aryl methyl sites for hydroxylation is 1. The minimum atomic E-state index is -0.237. The minimum absolute atomic E-state index is 0.00634. The van der Waals surface area contributed by atoms with Gasteiger partial charge in [0.15, 0.2) is 0 Å². The van der Waals surface area contributed by atoms with Gasteiger partial charge in [0.25, 0.3) is 5.91 Å². The van der Waals surface area contributed by atoms with Crippen molar-refractivity contribution in [2.45, 2.75) is 52.4 Å². The van der Waals surface area contributed by atoms with E-state index in [4.69, 9.17) is 11.6 Å². The van der Waals surface area contributed by atoms with Crippen LogP contribution in [0.1, 0.15) is 61.9 Å². The van der Waals surface area contributed by atoms with Crippen LogP contribution in [0.4, 0.5) is 5.69 Å². The molecule has 7 heteroatoms. The van der Waals surface area contributed by atoms with Gasteiger partial charge >= 0.3 is 0 Å². The van der Waals surface area contributed by atoms with Crippen LogP contribution < -0.4 is 4.90 Å². The normalized spacial score (nSPS) is 13.4. The molecular weight excluding hydrogens is 450 g/mol. The summed E-state index contributed by atoms with van der Waals surface area (Å²) in [4.78, 5) is 43.5. The molecule has 34 heavy (non-hydrogen) atoms. The van der Waals surface area contributed by atoms with Crippen LogP contribution in [0.2, 0.25) is 5.02 Å². The second kappa shape index (κ2) is 12.6. The highest BCUT2D eigenvalue weighted by atomic mass is 35.5. The Bertz CT molecular complexity index is 993. The van der Waals surface area contributed by atoms with Crippen molar-refractivity contribution in [3.63, 3.8) is 0 Å². The molecule has 1 saturated heterocycles. The molecule has 0 bridgehead atoms. The number of benzene rings is 2. The van der Waals surface area contributed by atoms with Crippen LogP contribution in [0.15, 0.2) is 48.5 Å². The van der Waals surface area contributed by atoms with Crippen molar-refractivity contribution >= 4 is 35.0 Å². The summed E-state index contributed by atoms with van der Waals surface area (Å²) in [5, 5.41) is 0.530. The Hall–Kier alpha value is -2.86. The number of carbonyl (C=O) groups is 3. The lowest BCUT2D eigenvalue weighted by Gasteiger charge is -2.25. The highest BCUT2D eigenvalue weighted by Crippen LogP contribution is 2.23. The Morgan fingerprint density at radius 1 is 1.00 bits per heavy atom. The number of rotatable bonds is 11. The predicted octanol–water partition coefficient (Wildman–Crippen LogP) is 5.15. The number of nitrogens with zero attached hydrogens (tertiary/aromatic N) is 3. The van der Waals surface area contributed by atoms with Crippen LogP contribution in [0.5, 0.6) is 0 Å². The minimum Gasteiger partial charge on any atom is -0.329 e. The van der Waals surface area contributed by atoms with Gasteiger partial charge in [-0.1, -0.05) is 62.9 Å². The third kappa shape index (κ3) is 6.83. The summed E-state index contributed by atoms with van der Waals surface area (Å²) in [5.41, 5.74) is 2.46. The topological polar surface area (TPSA) is 60.9 Å². The zero-order valence-electron chi connectivity index (χ0n) is 20.1. The lowest BCUT2D eigenvalue weighted by Crippen LogP contribution is -2.43. The van der Waals surface area contributed by atoms with Gasteiger partial charge in [-0.05, 0) is 55.2 Å². The summed E-state index contributed by atoms with van der Waals surface area (Å²) >= 11 is 6.06. The number of hydrogen-bond acceptors (Lipinski definition) is 3. The molecule has 0 aromatic heterocycles. The summed E-state index contributed by atoms with van der Waals surface area (Å²) in [7, 11) is 0. The van der Waals surface area contributed by atoms with E-state index in [1.807, 2.05) is 24.3 Å². The fourth-order valence-corrected chi connectivity index (χ4v) is 4.21. The molecule has 6 nitrogen and oxygen atoms in total. The number of unbranched alkanes of at least 4 members (excludes halogenated alkanes) is 3. The summed E-state index contributed by atoms with van der Waals surface area (Å²) in [6.45, 7) is 4.83. The Morgan fingerprint density at radius 3 is 2.41 bits per heavy atom.